The van der Waals surface area contributed by atoms with Crippen molar-refractivity contribution >= 4 is 52.1 Å². The highest BCUT2D eigenvalue weighted by atomic mass is 35.5. The number of ether oxygens (including phenoxy) is 1. The Labute approximate surface area is 168 Å². The molecule has 2 aromatic carbocycles. The normalized spacial score (nSPS) is 10.3. The zero-order valence-corrected chi connectivity index (χ0v) is 16.7. The van der Waals surface area contributed by atoms with Crippen molar-refractivity contribution in [3.8, 4) is 5.75 Å². The summed E-state index contributed by atoms with van der Waals surface area (Å²) in [5.41, 5.74) is 1.09. The van der Waals surface area contributed by atoms with Crippen LogP contribution >= 0.6 is 35.4 Å². The fraction of sp³-hybridized carbons (Fsp3) is 0.263. The van der Waals surface area contributed by atoms with Crippen molar-refractivity contribution in [2.24, 2.45) is 0 Å². The maximum Gasteiger partial charge on any atom is 0.257 e. The third-order valence-corrected chi connectivity index (χ3v) is 4.12. The van der Waals surface area contributed by atoms with Gasteiger partial charge >= 0.3 is 0 Å². The summed E-state index contributed by atoms with van der Waals surface area (Å²) in [6.07, 6.45) is 3.31. The molecule has 0 aliphatic rings. The molecule has 0 bridgehead atoms. The lowest BCUT2D eigenvalue weighted by Gasteiger charge is -2.11. The van der Waals surface area contributed by atoms with Crippen molar-refractivity contribution in [2.75, 3.05) is 11.9 Å². The molecule has 0 aliphatic carbocycles. The summed E-state index contributed by atoms with van der Waals surface area (Å²) >= 11 is 17.0. The first-order valence-corrected chi connectivity index (χ1v) is 9.45. The number of benzene rings is 2. The van der Waals surface area contributed by atoms with Crippen LogP contribution in [0.15, 0.2) is 42.5 Å². The van der Waals surface area contributed by atoms with E-state index in [4.69, 9.17) is 40.2 Å². The summed E-state index contributed by atoms with van der Waals surface area (Å²) in [7, 11) is 0. The topological polar surface area (TPSA) is 50.4 Å². The van der Waals surface area contributed by atoms with Crippen LogP contribution in [0.25, 0.3) is 0 Å². The molecule has 1 amide bonds. The number of halogens is 2. The quantitative estimate of drug-likeness (QED) is 0.454. The van der Waals surface area contributed by atoms with E-state index in [0.717, 1.165) is 25.0 Å². The van der Waals surface area contributed by atoms with E-state index in [1.54, 1.807) is 42.5 Å². The number of nitrogens with one attached hydrogen (secondary N) is 2. The number of carbonyl (C=O) groups excluding carboxylic acids is 1. The van der Waals surface area contributed by atoms with Gasteiger partial charge in [0.15, 0.2) is 5.11 Å². The van der Waals surface area contributed by atoms with Crippen molar-refractivity contribution in [1.29, 1.82) is 0 Å². The SMILES string of the molecule is CCCCCOc1ccc(C(=O)NC(=S)Nc2cc(Cl)cc(Cl)c2)cc1. The van der Waals surface area contributed by atoms with Crippen LogP contribution in [0.5, 0.6) is 5.75 Å². The first kappa shape index (κ1) is 20.5. The molecule has 26 heavy (non-hydrogen) atoms. The molecule has 0 aromatic heterocycles. The number of amides is 1. The van der Waals surface area contributed by atoms with Crippen LogP contribution in [-0.4, -0.2) is 17.6 Å². The molecule has 0 spiro atoms. The van der Waals surface area contributed by atoms with Gasteiger partial charge < -0.3 is 10.1 Å². The molecule has 7 heteroatoms. The molecule has 0 atom stereocenters. The zero-order chi connectivity index (χ0) is 18.9. The Morgan fingerprint density at radius 1 is 1.08 bits per heavy atom. The molecule has 0 unspecified atom stereocenters. The fourth-order valence-electron chi connectivity index (χ4n) is 2.21. The summed E-state index contributed by atoms with van der Waals surface area (Å²) in [4.78, 5) is 12.3. The van der Waals surface area contributed by atoms with E-state index in [-0.39, 0.29) is 11.0 Å². The van der Waals surface area contributed by atoms with Gasteiger partial charge in [-0.2, -0.15) is 0 Å². The molecule has 0 fully saturated rings. The van der Waals surface area contributed by atoms with Gasteiger partial charge in [0.2, 0.25) is 0 Å². The minimum Gasteiger partial charge on any atom is -0.494 e. The lowest BCUT2D eigenvalue weighted by Crippen LogP contribution is -2.34. The Kier molecular flexibility index (Phi) is 8.16. The molecule has 4 nitrogen and oxygen atoms in total. The summed E-state index contributed by atoms with van der Waals surface area (Å²) in [5, 5.41) is 6.61. The van der Waals surface area contributed by atoms with Crippen molar-refractivity contribution in [3.63, 3.8) is 0 Å². The van der Waals surface area contributed by atoms with Crippen LogP contribution in [0, 0.1) is 0 Å². The van der Waals surface area contributed by atoms with E-state index in [9.17, 15) is 4.79 Å². The van der Waals surface area contributed by atoms with E-state index in [1.807, 2.05) is 0 Å². The molecule has 0 heterocycles. The number of hydrogen-bond acceptors (Lipinski definition) is 3. The van der Waals surface area contributed by atoms with Crippen LogP contribution in [0.1, 0.15) is 36.5 Å². The average Bonchev–Trinajstić information content (AvgIpc) is 2.58. The standard InChI is InChI=1S/C19H20Cl2N2O2S/c1-2-3-4-9-25-17-7-5-13(6-8-17)18(24)23-19(26)22-16-11-14(20)10-15(21)12-16/h5-8,10-12H,2-4,9H2,1H3,(H2,22,23,24,26). The monoisotopic (exact) mass is 410 g/mol. The summed E-state index contributed by atoms with van der Waals surface area (Å²) in [6.45, 7) is 2.82. The lowest BCUT2D eigenvalue weighted by molar-refractivity contribution is 0.0977. The molecule has 2 rings (SSSR count). The smallest absolute Gasteiger partial charge is 0.257 e. The van der Waals surface area contributed by atoms with Crippen LogP contribution in [0.3, 0.4) is 0 Å². The van der Waals surface area contributed by atoms with Gasteiger partial charge in [0.25, 0.3) is 5.91 Å². The van der Waals surface area contributed by atoms with Crippen LogP contribution in [0.4, 0.5) is 5.69 Å². The average molecular weight is 411 g/mol. The Bertz CT molecular complexity index is 746. The molecule has 0 aliphatic heterocycles. The molecular weight excluding hydrogens is 391 g/mol. The number of carbonyl (C=O) groups is 1. The van der Waals surface area contributed by atoms with Gasteiger partial charge in [-0.3, -0.25) is 10.1 Å². The van der Waals surface area contributed by atoms with Gasteiger partial charge in [0.05, 0.1) is 6.61 Å². The number of unbranched alkanes of at least 4 members (excludes halogenated alkanes) is 2. The van der Waals surface area contributed by atoms with Crippen molar-refractivity contribution < 1.29 is 9.53 Å². The number of rotatable bonds is 7. The van der Waals surface area contributed by atoms with Crippen LogP contribution in [0.2, 0.25) is 10.0 Å². The molecule has 0 saturated heterocycles. The van der Waals surface area contributed by atoms with E-state index < -0.39 is 0 Å². The minimum atomic E-state index is -0.312. The second-order valence-electron chi connectivity index (χ2n) is 5.65. The van der Waals surface area contributed by atoms with E-state index in [0.29, 0.717) is 27.9 Å². The maximum absolute atomic E-state index is 12.3. The van der Waals surface area contributed by atoms with E-state index in [2.05, 4.69) is 17.6 Å². The number of thiocarbonyl (C=S) groups is 1. The molecule has 2 N–H and O–H groups in total. The van der Waals surface area contributed by atoms with Gasteiger partial charge in [-0.25, -0.2) is 0 Å². The summed E-state index contributed by atoms with van der Waals surface area (Å²) in [6, 6.07) is 11.9. The Morgan fingerprint density at radius 2 is 1.73 bits per heavy atom. The Morgan fingerprint density at radius 3 is 2.35 bits per heavy atom. The third kappa shape index (κ3) is 6.83. The van der Waals surface area contributed by atoms with E-state index >= 15 is 0 Å². The zero-order valence-electron chi connectivity index (χ0n) is 14.4. The van der Waals surface area contributed by atoms with Gasteiger partial charge in [-0.05, 0) is 61.1 Å². The van der Waals surface area contributed by atoms with Gasteiger partial charge in [-0.1, -0.05) is 43.0 Å². The highest BCUT2D eigenvalue weighted by Gasteiger charge is 2.09. The predicted octanol–water partition coefficient (Wildman–Crippen LogP) is 5.69. The lowest BCUT2D eigenvalue weighted by atomic mass is 10.2. The highest BCUT2D eigenvalue weighted by Crippen LogP contribution is 2.22. The largest absolute Gasteiger partial charge is 0.494 e. The summed E-state index contributed by atoms with van der Waals surface area (Å²) in [5.74, 6) is 0.431. The number of hydrogen-bond donors (Lipinski definition) is 2. The van der Waals surface area contributed by atoms with Crippen molar-refractivity contribution in [2.45, 2.75) is 26.2 Å². The first-order chi connectivity index (χ1) is 12.5. The Hall–Kier alpha value is -1.82. The molecule has 0 radical (unpaired) electrons. The fourth-order valence-corrected chi connectivity index (χ4v) is 2.94. The Balaban J connectivity index is 1.87. The van der Waals surface area contributed by atoms with Gasteiger partial charge in [0.1, 0.15) is 5.75 Å². The number of anilines is 1. The maximum atomic E-state index is 12.3. The molecule has 138 valence electrons. The van der Waals surface area contributed by atoms with Gasteiger partial charge in [-0.15, -0.1) is 0 Å². The minimum absolute atomic E-state index is 0.160. The summed E-state index contributed by atoms with van der Waals surface area (Å²) < 4.78 is 5.63. The molecular formula is C19H20Cl2N2O2S. The van der Waals surface area contributed by atoms with Crippen molar-refractivity contribution in [3.05, 3.63) is 58.1 Å². The highest BCUT2D eigenvalue weighted by molar-refractivity contribution is 7.80. The van der Waals surface area contributed by atoms with Crippen LogP contribution < -0.4 is 15.4 Å². The molecule has 0 saturated carbocycles. The predicted molar refractivity (Wildman–Crippen MR) is 112 cm³/mol. The second kappa shape index (κ2) is 10.4. The van der Waals surface area contributed by atoms with Crippen LogP contribution in [-0.2, 0) is 0 Å². The molecule has 2 aromatic rings. The van der Waals surface area contributed by atoms with Crippen molar-refractivity contribution in [1.82, 2.24) is 5.32 Å². The second-order valence-corrected chi connectivity index (χ2v) is 6.93. The van der Waals surface area contributed by atoms with Gasteiger partial charge in [0, 0.05) is 21.3 Å². The third-order valence-electron chi connectivity index (χ3n) is 3.48. The first-order valence-electron chi connectivity index (χ1n) is 8.29. The van der Waals surface area contributed by atoms with E-state index in [1.165, 1.54) is 0 Å².